The van der Waals surface area contributed by atoms with Gasteiger partial charge in [-0.1, -0.05) is 25.3 Å². The third kappa shape index (κ3) is 2.94. The molecule has 2 aliphatic carbocycles. The second-order valence-electron chi connectivity index (χ2n) is 4.57. The first-order chi connectivity index (χ1) is 6.84. The highest BCUT2D eigenvalue weighted by Crippen LogP contribution is 2.35. The lowest BCUT2D eigenvalue weighted by atomic mass is 10.0. The molecule has 2 rings (SSSR count). The minimum absolute atomic E-state index is 0.866. The number of allylic oxidation sites excluding steroid dienone is 2. The van der Waals surface area contributed by atoms with Crippen molar-refractivity contribution in [2.24, 2.45) is 5.73 Å². The molecule has 1 nitrogen and oxygen atoms in total. The summed E-state index contributed by atoms with van der Waals surface area (Å²) in [5.74, 6) is 0. The number of nitrogens with two attached hydrogens (primary N) is 1. The largest absolute Gasteiger partial charge is 0.402 e. The predicted octanol–water partition coefficient (Wildman–Crippen LogP) is 3.45. The first-order valence-corrected chi connectivity index (χ1v) is 6.89. The summed E-state index contributed by atoms with van der Waals surface area (Å²) < 4.78 is 0. The molecule has 1 atom stereocenters. The molecule has 0 saturated heterocycles. The zero-order chi connectivity index (χ0) is 9.80. The zero-order valence-electron chi connectivity index (χ0n) is 8.87. The van der Waals surface area contributed by atoms with Gasteiger partial charge in [0.05, 0.1) is 0 Å². The Morgan fingerprint density at radius 3 is 2.50 bits per heavy atom. The quantitative estimate of drug-likeness (QED) is 0.757. The summed E-state index contributed by atoms with van der Waals surface area (Å²) in [6, 6.07) is 0. The van der Waals surface area contributed by atoms with Crippen molar-refractivity contribution in [1.29, 1.82) is 0 Å². The highest BCUT2D eigenvalue weighted by molar-refractivity contribution is 8.00. The lowest BCUT2D eigenvalue weighted by Crippen LogP contribution is -2.17. The van der Waals surface area contributed by atoms with E-state index in [4.69, 9.17) is 5.73 Å². The van der Waals surface area contributed by atoms with Gasteiger partial charge < -0.3 is 5.73 Å². The van der Waals surface area contributed by atoms with E-state index in [1.807, 2.05) is 0 Å². The molecule has 1 fully saturated rings. The molecule has 1 unspecified atom stereocenters. The SMILES string of the molecule is NC1=CCC(SC2CCCCC2)CC1. The van der Waals surface area contributed by atoms with Gasteiger partial charge in [0.25, 0.3) is 0 Å². The van der Waals surface area contributed by atoms with Crippen LogP contribution in [0.2, 0.25) is 0 Å². The van der Waals surface area contributed by atoms with Gasteiger partial charge in [-0.15, -0.1) is 0 Å². The summed E-state index contributed by atoms with van der Waals surface area (Å²) in [6.07, 6.45) is 13.2. The third-order valence-electron chi connectivity index (χ3n) is 3.34. The standard InChI is InChI=1S/C12H21NS/c13-10-6-8-12(9-7-10)14-11-4-2-1-3-5-11/h6,11-12H,1-5,7-9,13H2. The van der Waals surface area contributed by atoms with Crippen molar-refractivity contribution in [3.63, 3.8) is 0 Å². The van der Waals surface area contributed by atoms with E-state index in [0.29, 0.717) is 0 Å². The van der Waals surface area contributed by atoms with Crippen LogP contribution in [0, 0.1) is 0 Å². The van der Waals surface area contributed by atoms with E-state index >= 15 is 0 Å². The van der Waals surface area contributed by atoms with Crippen molar-refractivity contribution in [1.82, 2.24) is 0 Å². The normalized spacial score (nSPS) is 30.0. The molecule has 80 valence electrons. The van der Waals surface area contributed by atoms with Crippen molar-refractivity contribution in [3.8, 4) is 0 Å². The van der Waals surface area contributed by atoms with Crippen LogP contribution >= 0.6 is 11.8 Å². The smallest absolute Gasteiger partial charge is 0.00887 e. The zero-order valence-corrected chi connectivity index (χ0v) is 9.69. The Kier molecular flexibility index (Phi) is 3.80. The van der Waals surface area contributed by atoms with Gasteiger partial charge in [0, 0.05) is 16.2 Å². The van der Waals surface area contributed by atoms with E-state index in [2.05, 4.69) is 17.8 Å². The van der Waals surface area contributed by atoms with Crippen LogP contribution in [0.15, 0.2) is 11.8 Å². The number of hydrogen-bond acceptors (Lipinski definition) is 2. The topological polar surface area (TPSA) is 26.0 Å². The highest BCUT2D eigenvalue weighted by atomic mass is 32.2. The molecule has 0 heterocycles. The molecule has 0 amide bonds. The molecule has 0 aromatic heterocycles. The maximum atomic E-state index is 5.78. The molecule has 2 heteroatoms. The van der Waals surface area contributed by atoms with Crippen molar-refractivity contribution in [2.45, 2.75) is 61.9 Å². The Hall–Kier alpha value is -0.110. The van der Waals surface area contributed by atoms with Gasteiger partial charge in [-0.25, -0.2) is 0 Å². The molecule has 0 aliphatic heterocycles. The van der Waals surface area contributed by atoms with Crippen LogP contribution in [-0.2, 0) is 0 Å². The second-order valence-corrected chi connectivity index (χ2v) is 6.18. The first kappa shape index (κ1) is 10.4. The molecular formula is C12H21NS. The maximum absolute atomic E-state index is 5.78. The van der Waals surface area contributed by atoms with E-state index in [-0.39, 0.29) is 0 Å². The van der Waals surface area contributed by atoms with Crippen molar-refractivity contribution in [2.75, 3.05) is 0 Å². The van der Waals surface area contributed by atoms with Crippen LogP contribution in [0.25, 0.3) is 0 Å². The van der Waals surface area contributed by atoms with Gasteiger partial charge >= 0.3 is 0 Å². The molecule has 0 aromatic rings. The Bertz CT molecular complexity index is 206. The molecular weight excluding hydrogens is 190 g/mol. The van der Waals surface area contributed by atoms with Crippen LogP contribution < -0.4 is 5.73 Å². The average Bonchev–Trinajstić information content (AvgIpc) is 2.23. The van der Waals surface area contributed by atoms with Crippen molar-refractivity contribution >= 4 is 11.8 Å². The molecule has 2 N–H and O–H groups in total. The second kappa shape index (κ2) is 5.11. The highest BCUT2D eigenvalue weighted by Gasteiger charge is 2.20. The summed E-state index contributed by atoms with van der Waals surface area (Å²) in [7, 11) is 0. The van der Waals surface area contributed by atoms with E-state index < -0.39 is 0 Å². The number of hydrogen-bond donors (Lipinski definition) is 1. The van der Waals surface area contributed by atoms with Crippen molar-refractivity contribution < 1.29 is 0 Å². The summed E-state index contributed by atoms with van der Waals surface area (Å²) in [5.41, 5.74) is 6.90. The monoisotopic (exact) mass is 211 g/mol. The summed E-state index contributed by atoms with van der Waals surface area (Å²) in [6.45, 7) is 0. The maximum Gasteiger partial charge on any atom is 0.00887 e. The van der Waals surface area contributed by atoms with E-state index in [1.165, 1.54) is 44.9 Å². The Balaban J connectivity index is 1.74. The average molecular weight is 211 g/mol. The lowest BCUT2D eigenvalue weighted by Gasteiger charge is -2.27. The van der Waals surface area contributed by atoms with Crippen LogP contribution in [0.1, 0.15) is 51.4 Å². The molecule has 0 radical (unpaired) electrons. The van der Waals surface area contributed by atoms with Crippen LogP contribution in [0.5, 0.6) is 0 Å². The molecule has 0 spiro atoms. The predicted molar refractivity (Wildman–Crippen MR) is 64.4 cm³/mol. The fourth-order valence-corrected chi connectivity index (χ4v) is 4.04. The van der Waals surface area contributed by atoms with E-state index in [1.54, 1.807) is 0 Å². The summed E-state index contributed by atoms with van der Waals surface area (Å²) >= 11 is 2.24. The van der Waals surface area contributed by atoms with Crippen LogP contribution in [0.3, 0.4) is 0 Å². The molecule has 0 aromatic carbocycles. The summed E-state index contributed by atoms with van der Waals surface area (Å²) in [5, 5.41) is 1.83. The number of thioether (sulfide) groups is 1. The third-order valence-corrected chi connectivity index (χ3v) is 5.00. The molecule has 0 bridgehead atoms. The van der Waals surface area contributed by atoms with Gasteiger partial charge in [0.2, 0.25) is 0 Å². The van der Waals surface area contributed by atoms with Gasteiger partial charge in [0.15, 0.2) is 0 Å². The van der Waals surface area contributed by atoms with Gasteiger partial charge in [-0.3, -0.25) is 0 Å². The van der Waals surface area contributed by atoms with Gasteiger partial charge in [0.1, 0.15) is 0 Å². The Morgan fingerprint density at radius 1 is 1.07 bits per heavy atom. The van der Waals surface area contributed by atoms with Crippen LogP contribution in [0.4, 0.5) is 0 Å². The van der Waals surface area contributed by atoms with E-state index in [0.717, 1.165) is 22.6 Å². The van der Waals surface area contributed by atoms with Crippen LogP contribution in [-0.4, -0.2) is 10.5 Å². The molecule has 1 saturated carbocycles. The fraction of sp³-hybridized carbons (Fsp3) is 0.833. The summed E-state index contributed by atoms with van der Waals surface area (Å²) in [4.78, 5) is 0. The lowest BCUT2D eigenvalue weighted by molar-refractivity contribution is 0.513. The van der Waals surface area contributed by atoms with Gasteiger partial charge in [-0.05, 0) is 32.1 Å². The molecule has 2 aliphatic rings. The minimum Gasteiger partial charge on any atom is -0.402 e. The number of rotatable bonds is 2. The van der Waals surface area contributed by atoms with E-state index in [9.17, 15) is 0 Å². The fourth-order valence-electron chi connectivity index (χ4n) is 2.43. The van der Waals surface area contributed by atoms with Gasteiger partial charge in [-0.2, -0.15) is 11.8 Å². The Morgan fingerprint density at radius 2 is 1.86 bits per heavy atom. The Labute approximate surface area is 91.5 Å². The molecule has 14 heavy (non-hydrogen) atoms. The van der Waals surface area contributed by atoms with Crippen molar-refractivity contribution in [3.05, 3.63) is 11.8 Å². The minimum atomic E-state index is 0.866. The first-order valence-electron chi connectivity index (χ1n) is 5.94.